The highest BCUT2D eigenvalue weighted by Gasteiger charge is 2.24. The predicted molar refractivity (Wildman–Crippen MR) is 64.6 cm³/mol. The van der Waals surface area contributed by atoms with Crippen LogP contribution in [0, 0.1) is 11.3 Å². The molecule has 1 unspecified atom stereocenters. The molecular weight excluding hydrogens is 230 g/mol. The lowest BCUT2D eigenvalue weighted by molar-refractivity contribution is 0.0600. The molecule has 0 radical (unpaired) electrons. The monoisotopic (exact) mass is 245 g/mol. The molecule has 5 heteroatoms. The fourth-order valence-corrected chi connectivity index (χ4v) is 2.13. The number of nitriles is 1. The summed E-state index contributed by atoms with van der Waals surface area (Å²) in [6.45, 7) is 1.58. The van der Waals surface area contributed by atoms with Crippen LogP contribution in [0.4, 0.5) is 0 Å². The fraction of sp³-hybridized carbons (Fsp3) is 0.462. The van der Waals surface area contributed by atoms with Gasteiger partial charge in [0.2, 0.25) is 0 Å². The van der Waals surface area contributed by atoms with Gasteiger partial charge in [0.05, 0.1) is 30.5 Å². The van der Waals surface area contributed by atoms with Crippen molar-refractivity contribution in [3.63, 3.8) is 0 Å². The molecule has 0 aliphatic carbocycles. The van der Waals surface area contributed by atoms with Gasteiger partial charge in [-0.25, -0.2) is 4.79 Å². The van der Waals surface area contributed by atoms with E-state index in [4.69, 9.17) is 5.26 Å². The van der Waals surface area contributed by atoms with Gasteiger partial charge in [0.15, 0.2) is 0 Å². The van der Waals surface area contributed by atoms with Gasteiger partial charge in [-0.3, -0.25) is 9.88 Å². The molecule has 1 aliphatic heterocycles. The quantitative estimate of drug-likeness (QED) is 0.752. The van der Waals surface area contributed by atoms with E-state index >= 15 is 0 Å². The normalized spacial score (nSPS) is 19.4. The van der Waals surface area contributed by atoms with E-state index in [-0.39, 0.29) is 12.0 Å². The number of methoxy groups -OCH3 is 1. The molecule has 2 rings (SSSR count). The molecule has 1 fully saturated rings. The van der Waals surface area contributed by atoms with Crippen molar-refractivity contribution in [3.8, 4) is 6.07 Å². The SMILES string of the molecule is COC(=O)c1ccc(CN2CCCC2C#N)nc1. The van der Waals surface area contributed by atoms with Gasteiger partial charge in [0.25, 0.3) is 0 Å². The zero-order chi connectivity index (χ0) is 13.0. The van der Waals surface area contributed by atoms with E-state index in [1.165, 1.54) is 13.3 Å². The molecule has 0 saturated carbocycles. The summed E-state index contributed by atoms with van der Waals surface area (Å²) in [5, 5.41) is 8.99. The molecule has 1 aromatic heterocycles. The van der Waals surface area contributed by atoms with Crippen LogP contribution >= 0.6 is 0 Å². The van der Waals surface area contributed by atoms with Crippen LogP contribution in [0.25, 0.3) is 0 Å². The molecule has 1 saturated heterocycles. The van der Waals surface area contributed by atoms with Crippen LogP contribution < -0.4 is 0 Å². The van der Waals surface area contributed by atoms with Crippen LogP contribution in [-0.4, -0.2) is 35.5 Å². The number of nitrogens with zero attached hydrogens (tertiary/aromatic N) is 3. The van der Waals surface area contributed by atoms with Crippen molar-refractivity contribution in [1.82, 2.24) is 9.88 Å². The molecule has 0 N–H and O–H groups in total. The lowest BCUT2D eigenvalue weighted by atomic mass is 10.2. The largest absolute Gasteiger partial charge is 0.465 e. The van der Waals surface area contributed by atoms with Crippen LogP contribution in [0.15, 0.2) is 18.3 Å². The van der Waals surface area contributed by atoms with E-state index < -0.39 is 0 Å². The molecule has 94 valence electrons. The van der Waals surface area contributed by atoms with Crippen LogP contribution in [-0.2, 0) is 11.3 Å². The van der Waals surface area contributed by atoms with Crippen LogP contribution in [0.5, 0.6) is 0 Å². The Morgan fingerprint density at radius 2 is 2.50 bits per heavy atom. The number of rotatable bonds is 3. The van der Waals surface area contributed by atoms with Crippen molar-refractivity contribution in [2.75, 3.05) is 13.7 Å². The molecule has 5 nitrogen and oxygen atoms in total. The molecular formula is C13H15N3O2. The van der Waals surface area contributed by atoms with E-state index in [0.29, 0.717) is 12.1 Å². The Morgan fingerprint density at radius 1 is 1.67 bits per heavy atom. The van der Waals surface area contributed by atoms with Crippen molar-refractivity contribution < 1.29 is 9.53 Å². The van der Waals surface area contributed by atoms with E-state index in [2.05, 4.69) is 20.7 Å². The Hall–Kier alpha value is -1.93. The second-order valence-corrected chi connectivity index (χ2v) is 4.29. The standard InChI is InChI=1S/C13H15N3O2/c1-18-13(17)10-4-5-11(15-8-10)9-16-6-2-3-12(16)7-14/h4-5,8,12H,2-3,6,9H2,1H3. The van der Waals surface area contributed by atoms with Gasteiger partial charge >= 0.3 is 5.97 Å². The Balaban J connectivity index is 2.02. The van der Waals surface area contributed by atoms with Crippen molar-refractivity contribution in [1.29, 1.82) is 5.26 Å². The average Bonchev–Trinajstić information content (AvgIpc) is 2.86. The van der Waals surface area contributed by atoms with Crippen molar-refractivity contribution >= 4 is 5.97 Å². The minimum Gasteiger partial charge on any atom is -0.465 e. The summed E-state index contributed by atoms with van der Waals surface area (Å²) >= 11 is 0. The maximum atomic E-state index is 11.3. The first kappa shape index (κ1) is 12.5. The van der Waals surface area contributed by atoms with Crippen LogP contribution in [0.3, 0.4) is 0 Å². The molecule has 2 heterocycles. The summed E-state index contributed by atoms with van der Waals surface area (Å²) in [6, 6.07) is 5.79. The minimum absolute atomic E-state index is 0.00733. The molecule has 1 atom stereocenters. The number of likely N-dealkylation sites (tertiary alicyclic amines) is 1. The smallest absolute Gasteiger partial charge is 0.339 e. The summed E-state index contributed by atoms with van der Waals surface area (Å²) in [5.74, 6) is -0.384. The minimum atomic E-state index is -0.384. The number of esters is 1. The highest BCUT2D eigenvalue weighted by atomic mass is 16.5. The zero-order valence-corrected chi connectivity index (χ0v) is 10.3. The highest BCUT2D eigenvalue weighted by Crippen LogP contribution is 2.18. The summed E-state index contributed by atoms with van der Waals surface area (Å²) < 4.78 is 4.61. The second kappa shape index (κ2) is 5.61. The number of ether oxygens (including phenoxy) is 1. The summed E-state index contributed by atoms with van der Waals surface area (Å²) in [6.07, 6.45) is 3.49. The molecule has 18 heavy (non-hydrogen) atoms. The van der Waals surface area contributed by atoms with Gasteiger partial charge < -0.3 is 4.74 Å². The first-order chi connectivity index (χ1) is 8.74. The van der Waals surface area contributed by atoms with Crippen molar-refractivity contribution in [2.45, 2.75) is 25.4 Å². The Bertz CT molecular complexity index is 464. The van der Waals surface area contributed by atoms with Crippen LogP contribution in [0.2, 0.25) is 0 Å². The number of pyridine rings is 1. The first-order valence-corrected chi connectivity index (χ1v) is 5.91. The van der Waals surface area contributed by atoms with Gasteiger partial charge in [0, 0.05) is 12.7 Å². The Kier molecular flexibility index (Phi) is 3.90. The lowest BCUT2D eigenvalue weighted by Crippen LogP contribution is -2.27. The molecule has 0 bridgehead atoms. The number of carbonyl (C=O) groups excluding carboxylic acids is 1. The number of hydrogen-bond donors (Lipinski definition) is 0. The van der Waals surface area contributed by atoms with Crippen molar-refractivity contribution in [3.05, 3.63) is 29.6 Å². The third-order valence-electron chi connectivity index (χ3n) is 3.12. The number of aromatic nitrogens is 1. The van der Waals surface area contributed by atoms with E-state index in [1.807, 2.05) is 0 Å². The van der Waals surface area contributed by atoms with E-state index in [0.717, 1.165) is 25.1 Å². The summed E-state index contributed by atoms with van der Waals surface area (Å²) in [5.41, 5.74) is 1.31. The summed E-state index contributed by atoms with van der Waals surface area (Å²) in [4.78, 5) is 17.6. The average molecular weight is 245 g/mol. The Labute approximate surface area is 106 Å². The van der Waals surface area contributed by atoms with E-state index in [9.17, 15) is 4.79 Å². The molecule has 1 aliphatic rings. The third kappa shape index (κ3) is 2.66. The Morgan fingerprint density at radius 3 is 3.11 bits per heavy atom. The maximum absolute atomic E-state index is 11.3. The zero-order valence-electron chi connectivity index (χ0n) is 10.3. The molecule has 1 aromatic rings. The fourth-order valence-electron chi connectivity index (χ4n) is 2.13. The predicted octanol–water partition coefficient (Wildman–Crippen LogP) is 1.36. The molecule has 0 aromatic carbocycles. The third-order valence-corrected chi connectivity index (χ3v) is 3.12. The molecule has 0 spiro atoms. The second-order valence-electron chi connectivity index (χ2n) is 4.29. The lowest BCUT2D eigenvalue weighted by Gasteiger charge is -2.18. The van der Waals surface area contributed by atoms with Crippen molar-refractivity contribution in [2.24, 2.45) is 0 Å². The topological polar surface area (TPSA) is 66.2 Å². The van der Waals surface area contributed by atoms with E-state index in [1.54, 1.807) is 12.1 Å². The summed E-state index contributed by atoms with van der Waals surface area (Å²) in [7, 11) is 1.35. The van der Waals surface area contributed by atoms with Crippen LogP contribution in [0.1, 0.15) is 28.9 Å². The highest BCUT2D eigenvalue weighted by molar-refractivity contribution is 5.88. The number of carbonyl (C=O) groups is 1. The van der Waals surface area contributed by atoms with Gasteiger partial charge in [-0.05, 0) is 31.5 Å². The van der Waals surface area contributed by atoms with Gasteiger partial charge in [0.1, 0.15) is 0 Å². The van der Waals surface area contributed by atoms with Gasteiger partial charge in [-0.15, -0.1) is 0 Å². The molecule has 0 amide bonds. The maximum Gasteiger partial charge on any atom is 0.339 e. The van der Waals surface area contributed by atoms with Gasteiger partial charge in [-0.2, -0.15) is 5.26 Å². The first-order valence-electron chi connectivity index (χ1n) is 5.91. The van der Waals surface area contributed by atoms with Gasteiger partial charge in [-0.1, -0.05) is 0 Å². The number of hydrogen-bond acceptors (Lipinski definition) is 5.